The molecular weight excluding hydrogens is 182 g/mol. The zero-order valence-electron chi connectivity index (χ0n) is 8.62. The number of nitrogens with zero attached hydrogens (tertiary/aromatic N) is 1. The van der Waals surface area contributed by atoms with Crippen LogP contribution in [0.25, 0.3) is 6.58 Å². The van der Waals surface area contributed by atoms with Crippen molar-refractivity contribution in [2.75, 3.05) is 0 Å². The second-order valence-electron chi connectivity index (χ2n) is 3.87. The summed E-state index contributed by atoms with van der Waals surface area (Å²) in [5.74, 6) is 0. The van der Waals surface area contributed by atoms with E-state index in [1.807, 2.05) is 6.07 Å². The summed E-state index contributed by atoms with van der Waals surface area (Å²) in [5.41, 5.74) is 2.27. The molecule has 72 valence electrons. The van der Waals surface area contributed by atoms with Crippen molar-refractivity contribution in [3.8, 4) is 0 Å². The van der Waals surface area contributed by atoms with E-state index in [1.165, 1.54) is 16.0 Å². The van der Waals surface area contributed by atoms with Gasteiger partial charge in [0.2, 0.25) is 0 Å². The zero-order valence-corrected chi connectivity index (χ0v) is 8.62. The van der Waals surface area contributed by atoms with Crippen LogP contribution in [0, 0.1) is 17.4 Å². The minimum atomic E-state index is 1.06. The molecule has 0 atom stereocenters. The lowest BCUT2D eigenvalue weighted by molar-refractivity contribution is 1.31. The maximum absolute atomic E-state index is 4.64. The van der Waals surface area contributed by atoms with E-state index in [-0.39, 0.29) is 0 Å². The molecule has 1 heteroatoms. The summed E-state index contributed by atoms with van der Waals surface area (Å²) in [6.07, 6.45) is 0. The van der Waals surface area contributed by atoms with Gasteiger partial charge in [-0.25, -0.2) is 4.99 Å². The largest absolute Gasteiger partial charge is 0.247 e. The topological polar surface area (TPSA) is 12.4 Å². The number of benzene rings is 2. The maximum Gasteiger partial charge on any atom is 0.0751 e. The van der Waals surface area contributed by atoms with Crippen LogP contribution < -0.4 is 10.6 Å². The van der Waals surface area contributed by atoms with Crippen LogP contribution in [0.2, 0.25) is 0 Å². The molecule has 2 aromatic rings. The van der Waals surface area contributed by atoms with Crippen molar-refractivity contribution < 1.29 is 0 Å². The number of para-hydroxylation sites is 1. The molecular formula is C14H11N. The lowest BCUT2D eigenvalue weighted by Crippen LogP contribution is -2.01. The number of hydrogen-bond donors (Lipinski definition) is 0. The first-order valence-electron chi connectivity index (χ1n) is 5.04. The lowest BCUT2D eigenvalue weighted by Gasteiger charge is -1.97. The number of rotatable bonds is 0. The van der Waals surface area contributed by atoms with Gasteiger partial charge < -0.3 is 0 Å². The van der Waals surface area contributed by atoms with E-state index >= 15 is 0 Å². The zero-order chi connectivity index (χ0) is 10.4. The molecule has 0 aliphatic carbocycles. The van der Waals surface area contributed by atoms with Crippen LogP contribution in [0.1, 0.15) is 5.56 Å². The fraction of sp³-hybridized carbons (Fsp3) is 0.0714. The molecule has 0 amide bonds. The quantitative estimate of drug-likeness (QED) is 0.517. The Morgan fingerprint density at radius 3 is 2.67 bits per heavy atom. The Balaban J connectivity index is 2.68. The molecule has 0 aromatic heterocycles. The Kier molecular flexibility index (Phi) is 1.57. The molecule has 0 radical (unpaired) electrons. The van der Waals surface area contributed by atoms with Gasteiger partial charge in [0.15, 0.2) is 0 Å². The average molecular weight is 193 g/mol. The lowest BCUT2D eigenvalue weighted by atomic mass is 10.1. The fourth-order valence-corrected chi connectivity index (χ4v) is 2.02. The van der Waals surface area contributed by atoms with Gasteiger partial charge in [-0.05, 0) is 23.8 Å². The van der Waals surface area contributed by atoms with Crippen LogP contribution in [0.3, 0.4) is 0 Å². The minimum absolute atomic E-state index is 1.06. The normalized spacial score (nSPS) is 11.8. The molecule has 0 bridgehead atoms. The van der Waals surface area contributed by atoms with Gasteiger partial charge in [0.1, 0.15) is 0 Å². The molecule has 0 fully saturated rings. The van der Waals surface area contributed by atoms with Gasteiger partial charge in [-0.15, -0.1) is 0 Å². The molecule has 0 saturated carbocycles. The van der Waals surface area contributed by atoms with Crippen LogP contribution in [0.4, 0.5) is 5.69 Å². The van der Waals surface area contributed by atoms with E-state index in [0.29, 0.717) is 0 Å². The Hall–Kier alpha value is -1.89. The summed E-state index contributed by atoms with van der Waals surface area (Å²) < 4.78 is 0. The first-order valence-corrected chi connectivity index (χ1v) is 5.04. The highest BCUT2D eigenvalue weighted by Gasteiger charge is 2.05. The van der Waals surface area contributed by atoms with Crippen molar-refractivity contribution in [1.82, 2.24) is 0 Å². The summed E-state index contributed by atoms with van der Waals surface area (Å²) in [5, 5.41) is 4.60. The van der Waals surface area contributed by atoms with Crippen LogP contribution in [0.15, 0.2) is 41.4 Å². The van der Waals surface area contributed by atoms with Gasteiger partial charge >= 0.3 is 0 Å². The molecule has 0 spiro atoms. The molecule has 3 rings (SSSR count). The van der Waals surface area contributed by atoms with E-state index in [1.54, 1.807) is 0 Å². The Morgan fingerprint density at radius 2 is 1.80 bits per heavy atom. The van der Waals surface area contributed by atoms with E-state index in [9.17, 15) is 0 Å². The highest BCUT2D eigenvalue weighted by Crippen LogP contribution is 2.19. The van der Waals surface area contributed by atoms with Crippen molar-refractivity contribution in [2.45, 2.75) is 6.92 Å². The molecule has 0 saturated heterocycles. The standard InChI is InChI=1S/C14H11N/c1-9-7-8-12-11-5-3-4-6-13(11)15-14(12)10(9)2/h3-8H,1H2,2H3. The summed E-state index contributed by atoms with van der Waals surface area (Å²) in [6.45, 7) is 6.08. The second kappa shape index (κ2) is 2.80. The molecule has 0 N–H and O–H groups in total. The first-order chi connectivity index (χ1) is 7.27. The Bertz CT molecular complexity index is 742. The van der Waals surface area contributed by atoms with Crippen molar-refractivity contribution in [2.24, 2.45) is 4.99 Å². The van der Waals surface area contributed by atoms with E-state index in [0.717, 1.165) is 16.3 Å². The first kappa shape index (κ1) is 8.42. The van der Waals surface area contributed by atoms with Crippen LogP contribution in [-0.2, 0) is 0 Å². The van der Waals surface area contributed by atoms with Crippen molar-refractivity contribution in [3.05, 3.63) is 63.0 Å². The van der Waals surface area contributed by atoms with E-state index in [2.05, 4.69) is 48.8 Å². The molecule has 1 aliphatic heterocycles. The third-order valence-electron chi connectivity index (χ3n) is 2.97. The highest BCUT2D eigenvalue weighted by atomic mass is 14.7. The van der Waals surface area contributed by atoms with Gasteiger partial charge in [0.25, 0.3) is 0 Å². The molecule has 2 aromatic carbocycles. The van der Waals surface area contributed by atoms with Crippen molar-refractivity contribution in [1.29, 1.82) is 0 Å². The average Bonchev–Trinajstić information content (AvgIpc) is 2.63. The summed E-state index contributed by atoms with van der Waals surface area (Å²) in [7, 11) is 0. The summed E-state index contributed by atoms with van der Waals surface area (Å²) >= 11 is 0. The van der Waals surface area contributed by atoms with E-state index in [4.69, 9.17) is 0 Å². The Morgan fingerprint density at radius 1 is 1.00 bits per heavy atom. The summed E-state index contributed by atoms with van der Waals surface area (Å²) in [6, 6.07) is 12.4. The van der Waals surface area contributed by atoms with Crippen LogP contribution in [0.5, 0.6) is 0 Å². The smallest absolute Gasteiger partial charge is 0.0751 e. The van der Waals surface area contributed by atoms with Crippen molar-refractivity contribution in [3.63, 3.8) is 0 Å². The predicted octanol–water partition coefficient (Wildman–Crippen LogP) is 1.96. The number of fused-ring (bicyclic) bond motifs is 2. The predicted molar refractivity (Wildman–Crippen MR) is 61.3 cm³/mol. The van der Waals surface area contributed by atoms with Gasteiger partial charge in [-0.3, -0.25) is 0 Å². The van der Waals surface area contributed by atoms with E-state index < -0.39 is 0 Å². The SMILES string of the molecule is C=c1ccc2c(c1C)N=c1ccccc1=2. The molecule has 1 nitrogen and oxygen atoms in total. The fourth-order valence-electron chi connectivity index (χ4n) is 2.02. The van der Waals surface area contributed by atoms with Crippen molar-refractivity contribution >= 4 is 12.3 Å². The number of hydrogen-bond acceptors (Lipinski definition) is 1. The van der Waals surface area contributed by atoms with Gasteiger partial charge in [0, 0.05) is 10.4 Å². The highest BCUT2D eigenvalue weighted by molar-refractivity contribution is 5.51. The Labute approximate surface area is 87.7 Å². The van der Waals surface area contributed by atoms with Gasteiger partial charge in [-0.2, -0.15) is 0 Å². The monoisotopic (exact) mass is 193 g/mol. The second-order valence-corrected chi connectivity index (χ2v) is 3.87. The van der Waals surface area contributed by atoms with Crippen LogP contribution >= 0.6 is 0 Å². The third kappa shape index (κ3) is 1.06. The van der Waals surface area contributed by atoms with Crippen LogP contribution in [-0.4, -0.2) is 0 Å². The third-order valence-corrected chi connectivity index (χ3v) is 2.97. The molecule has 1 aliphatic rings. The van der Waals surface area contributed by atoms with Gasteiger partial charge in [-0.1, -0.05) is 36.9 Å². The molecule has 1 heterocycles. The molecule has 15 heavy (non-hydrogen) atoms. The minimum Gasteiger partial charge on any atom is -0.247 e. The summed E-state index contributed by atoms with van der Waals surface area (Å²) in [4.78, 5) is 4.64. The maximum atomic E-state index is 4.64. The molecule has 0 unspecified atom stereocenters. The van der Waals surface area contributed by atoms with Gasteiger partial charge in [0.05, 0.1) is 11.0 Å².